The van der Waals surface area contributed by atoms with Crippen molar-refractivity contribution in [3.05, 3.63) is 108 Å². The van der Waals surface area contributed by atoms with Gasteiger partial charge in [0.15, 0.2) is 0 Å². The summed E-state index contributed by atoms with van der Waals surface area (Å²) in [5.41, 5.74) is 3.84. The molecule has 166 valence electrons. The van der Waals surface area contributed by atoms with Crippen LogP contribution in [0.25, 0.3) is 12.2 Å². The van der Waals surface area contributed by atoms with Crippen LogP contribution in [0.5, 0.6) is 0 Å². The fourth-order valence-corrected chi connectivity index (χ4v) is 3.70. The van der Waals surface area contributed by atoms with E-state index in [2.05, 4.69) is 10.2 Å². The van der Waals surface area contributed by atoms with E-state index in [4.69, 9.17) is 0 Å². The van der Waals surface area contributed by atoms with E-state index in [-0.39, 0.29) is 11.8 Å². The van der Waals surface area contributed by atoms with Crippen molar-refractivity contribution >= 4 is 35.3 Å². The van der Waals surface area contributed by atoms with Gasteiger partial charge in [-0.1, -0.05) is 60.7 Å². The predicted octanol–water partition coefficient (Wildman–Crippen LogP) is 4.70. The zero-order valence-electron chi connectivity index (χ0n) is 18.4. The first-order valence-electron chi connectivity index (χ1n) is 11.1. The Morgan fingerprint density at radius 1 is 0.667 bits per heavy atom. The highest BCUT2D eigenvalue weighted by molar-refractivity contribution is 6.02. The minimum atomic E-state index is -0.165. The van der Waals surface area contributed by atoms with E-state index in [1.807, 2.05) is 95.9 Å². The Balaban J connectivity index is 1.26. The van der Waals surface area contributed by atoms with Crippen LogP contribution in [0.2, 0.25) is 0 Å². The molecule has 1 fully saturated rings. The summed E-state index contributed by atoms with van der Waals surface area (Å²) in [6.45, 7) is 2.91. The fraction of sp³-hybridized carbons (Fsp3) is 0.143. The minimum Gasteiger partial charge on any atom is -0.368 e. The number of amides is 2. The molecule has 1 aliphatic heterocycles. The van der Waals surface area contributed by atoms with Crippen molar-refractivity contribution < 1.29 is 9.59 Å². The summed E-state index contributed by atoms with van der Waals surface area (Å²) >= 11 is 0. The number of anilines is 2. The van der Waals surface area contributed by atoms with E-state index in [1.165, 1.54) is 6.08 Å². The van der Waals surface area contributed by atoms with Crippen molar-refractivity contribution in [1.82, 2.24) is 4.90 Å². The summed E-state index contributed by atoms with van der Waals surface area (Å²) < 4.78 is 0. The van der Waals surface area contributed by atoms with E-state index in [9.17, 15) is 9.59 Å². The van der Waals surface area contributed by atoms with Crippen LogP contribution in [0.1, 0.15) is 11.1 Å². The van der Waals surface area contributed by atoms with Gasteiger partial charge in [0.25, 0.3) is 0 Å². The molecule has 3 aromatic rings. The van der Waals surface area contributed by atoms with E-state index in [0.717, 1.165) is 35.6 Å². The first kappa shape index (κ1) is 22.1. The van der Waals surface area contributed by atoms with Crippen molar-refractivity contribution in [2.45, 2.75) is 0 Å². The van der Waals surface area contributed by atoms with Crippen molar-refractivity contribution in [2.24, 2.45) is 0 Å². The second-order valence-corrected chi connectivity index (χ2v) is 7.84. The molecule has 5 nitrogen and oxygen atoms in total. The van der Waals surface area contributed by atoms with Gasteiger partial charge in [0.1, 0.15) is 0 Å². The van der Waals surface area contributed by atoms with Gasteiger partial charge < -0.3 is 15.1 Å². The summed E-state index contributed by atoms with van der Waals surface area (Å²) in [5.74, 6) is -0.123. The van der Waals surface area contributed by atoms with Crippen LogP contribution in [-0.2, 0) is 9.59 Å². The third kappa shape index (κ3) is 6.43. The van der Waals surface area contributed by atoms with Crippen molar-refractivity contribution in [3.63, 3.8) is 0 Å². The first-order valence-corrected chi connectivity index (χ1v) is 11.1. The predicted molar refractivity (Wildman–Crippen MR) is 135 cm³/mol. The molecule has 0 radical (unpaired) electrons. The van der Waals surface area contributed by atoms with E-state index in [0.29, 0.717) is 13.1 Å². The quantitative estimate of drug-likeness (QED) is 0.569. The summed E-state index contributed by atoms with van der Waals surface area (Å²) in [6.07, 6.45) is 6.83. The number of benzene rings is 3. The fourth-order valence-electron chi connectivity index (χ4n) is 3.70. The zero-order chi connectivity index (χ0) is 22.9. The van der Waals surface area contributed by atoms with Gasteiger partial charge in [0.05, 0.1) is 0 Å². The Bertz CT molecular complexity index is 1110. The number of carbonyl (C=O) groups excluding carboxylic acids is 2. The normalized spacial score (nSPS) is 14.1. The standard InChI is InChI=1S/C28H27N3O2/c32-27(17-11-23-7-3-1-4-8-23)29-25-13-15-26(16-14-25)30-19-21-31(22-20-30)28(33)18-12-24-9-5-2-6-10-24/h1-18H,19-22H2,(H,29,32)/b17-11+,18-12+. The van der Waals surface area contributed by atoms with Gasteiger partial charge in [0.2, 0.25) is 11.8 Å². The molecular weight excluding hydrogens is 410 g/mol. The summed E-state index contributed by atoms with van der Waals surface area (Å²) in [7, 11) is 0. The van der Waals surface area contributed by atoms with Gasteiger partial charge in [-0.15, -0.1) is 0 Å². The topological polar surface area (TPSA) is 52.7 Å². The van der Waals surface area contributed by atoms with Crippen molar-refractivity contribution in [3.8, 4) is 0 Å². The van der Waals surface area contributed by atoms with Crippen LogP contribution in [-0.4, -0.2) is 42.9 Å². The number of hydrogen-bond acceptors (Lipinski definition) is 3. The number of rotatable bonds is 6. The molecule has 0 bridgehead atoms. The molecule has 0 atom stereocenters. The SMILES string of the molecule is O=C(/C=C/c1ccccc1)Nc1ccc(N2CCN(C(=O)/C=C/c3ccccc3)CC2)cc1. The Morgan fingerprint density at radius 3 is 1.79 bits per heavy atom. The third-order valence-electron chi connectivity index (χ3n) is 5.54. The summed E-state index contributed by atoms with van der Waals surface area (Å²) in [6, 6.07) is 27.4. The first-order chi connectivity index (χ1) is 16.2. The molecule has 0 aliphatic carbocycles. The van der Waals surface area contributed by atoms with Crippen molar-refractivity contribution in [2.75, 3.05) is 36.4 Å². The van der Waals surface area contributed by atoms with Gasteiger partial charge in [-0.25, -0.2) is 0 Å². The number of piperazine rings is 1. The van der Waals surface area contributed by atoms with E-state index < -0.39 is 0 Å². The summed E-state index contributed by atoms with van der Waals surface area (Å²) in [4.78, 5) is 28.8. The average Bonchev–Trinajstić information content (AvgIpc) is 2.88. The summed E-state index contributed by atoms with van der Waals surface area (Å²) in [5, 5.41) is 2.89. The lowest BCUT2D eigenvalue weighted by Crippen LogP contribution is -2.48. The monoisotopic (exact) mass is 437 g/mol. The zero-order valence-corrected chi connectivity index (χ0v) is 18.4. The molecule has 4 rings (SSSR count). The Morgan fingerprint density at radius 2 is 1.21 bits per heavy atom. The highest BCUT2D eigenvalue weighted by Crippen LogP contribution is 2.20. The Hall–Kier alpha value is -4.12. The molecule has 33 heavy (non-hydrogen) atoms. The molecular formula is C28H27N3O2. The highest BCUT2D eigenvalue weighted by Gasteiger charge is 2.19. The van der Waals surface area contributed by atoms with Gasteiger partial charge in [-0.3, -0.25) is 9.59 Å². The molecule has 0 saturated carbocycles. The molecule has 2 amide bonds. The van der Waals surface area contributed by atoms with Gasteiger partial charge >= 0.3 is 0 Å². The van der Waals surface area contributed by atoms with E-state index in [1.54, 1.807) is 12.2 Å². The van der Waals surface area contributed by atoms with Gasteiger partial charge in [0, 0.05) is 49.7 Å². The molecule has 5 heteroatoms. The van der Waals surface area contributed by atoms with Crippen LogP contribution in [0.3, 0.4) is 0 Å². The Kier molecular flexibility index (Phi) is 7.33. The smallest absolute Gasteiger partial charge is 0.248 e. The molecule has 0 unspecified atom stereocenters. The number of carbonyl (C=O) groups is 2. The minimum absolute atomic E-state index is 0.0418. The molecule has 1 N–H and O–H groups in total. The lowest BCUT2D eigenvalue weighted by atomic mass is 10.2. The molecule has 1 saturated heterocycles. The molecule has 1 aliphatic rings. The maximum Gasteiger partial charge on any atom is 0.248 e. The molecule has 3 aromatic carbocycles. The lowest BCUT2D eigenvalue weighted by molar-refractivity contribution is -0.126. The Labute approximate surface area is 194 Å². The lowest BCUT2D eigenvalue weighted by Gasteiger charge is -2.35. The number of nitrogens with zero attached hydrogens (tertiary/aromatic N) is 2. The maximum absolute atomic E-state index is 12.5. The molecule has 1 heterocycles. The second-order valence-electron chi connectivity index (χ2n) is 7.84. The van der Waals surface area contributed by atoms with Crippen molar-refractivity contribution in [1.29, 1.82) is 0 Å². The third-order valence-corrected chi connectivity index (χ3v) is 5.54. The number of hydrogen-bond donors (Lipinski definition) is 1. The maximum atomic E-state index is 12.5. The van der Waals surface area contributed by atoms with Crippen LogP contribution < -0.4 is 10.2 Å². The van der Waals surface area contributed by atoms with Gasteiger partial charge in [-0.05, 0) is 47.5 Å². The van der Waals surface area contributed by atoms with E-state index >= 15 is 0 Å². The largest absolute Gasteiger partial charge is 0.368 e. The van der Waals surface area contributed by atoms with Gasteiger partial charge in [-0.2, -0.15) is 0 Å². The number of nitrogens with one attached hydrogen (secondary N) is 1. The average molecular weight is 438 g/mol. The van der Waals surface area contributed by atoms with Crippen LogP contribution in [0.15, 0.2) is 97.1 Å². The van der Waals surface area contributed by atoms with Crippen LogP contribution in [0.4, 0.5) is 11.4 Å². The highest BCUT2D eigenvalue weighted by atomic mass is 16.2. The second kappa shape index (κ2) is 11.0. The molecule has 0 spiro atoms. The van der Waals surface area contributed by atoms with Crippen LogP contribution in [0, 0.1) is 0 Å². The molecule has 0 aromatic heterocycles. The van der Waals surface area contributed by atoms with Crippen LogP contribution >= 0.6 is 0 Å².